The van der Waals surface area contributed by atoms with Crippen molar-refractivity contribution >= 4 is 21.7 Å². The van der Waals surface area contributed by atoms with E-state index in [1.54, 1.807) is 26.0 Å². The lowest BCUT2D eigenvalue weighted by Gasteiger charge is -2.18. The molecule has 0 bridgehead atoms. The molecule has 0 heterocycles. The van der Waals surface area contributed by atoms with E-state index in [0.29, 0.717) is 16.8 Å². The van der Waals surface area contributed by atoms with Crippen LogP contribution in [-0.2, 0) is 10.0 Å². The van der Waals surface area contributed by atoms with Crippen molar-refractivity contribution in [1.82, 2.24) is 0 Å². The number of anilines is 1. The average Bonchev–Trinajstić information content (AvgIpc) is 2.56. The second-order valence-corrected chi connectivity index (χ2v) is 7.86. The van der Waals surface area contributed by atoms with Gasteiger partial charge in [-0.1, -0.05) is 32.0 Å². The normalized spacial score (nSPS) is 12.6. The second kappa shape index (κ2) is 7.27. The van der Waals surface area contributed by atoms with Gasteiger partial charge in [-0.05, 0) is 66.6 Å². The average molecular weight is 360 g/mol. The van der Waals surface area contributed by atoms with Crippen molar-refractivity contribution in [2.45, 2.75) is 44.9 Å². The van der Waals surface area contributed by atoms with Crippen molar-refractivity contribution in [2.75, 3.05) is 4.72 Å². The highest BCUT2D eigenvalue weighted by Crippen LogP contribution is 2.29. The van der Waals surface area contributed by atoms with Crippen molar-refractivity contribution in [1.29, 1.82) is 0 Å². The first-order chi connectivity index (χ1) is 11.7. The Balaban J connectivity index is 2.53. The van der Waals surface area contributed by atoms with E-state index < -0.39 is 16.0 Å². The molecular formula is C19H22NO4S-. The molecule has 0 aromatic heterocycles. The molecule has 5 nitrogen and oxygen atoms in total. The third-order valence-electron chi connectivity index (χ3n) is 4.49. The third kappa shape index (κ3) is 4.02. The van der Waals surface area contributed by atoms with E-state index in [0.717, 1.165) is 18.1 Å². The van der Waals surface area contributed by atoms with Crippen LogP contribution >= 0.6 is 0 Å². The lowest BCUT2D eigenvalue weighted by atomic mass is 9.97. The topological polar surface area (TPSA) is 86.3 Å². The lowest BCUT2D eigenvalue weighted by molar-refractivity contribution is -0.255. The van der Waals surface area contributed by atoms with Gasteiger partial charge in [0, 0.05) is 0 Å². The smallest absolute Gasteiger partial charge is 0.262 e. The van der Waals surface area contributed by atoms with Crippen LogP contribution in [0.25, 0.3) is 0 Å². The summed E-state index contributed by atoms with van der Waals surface area (Å²) >= 11 is 0. The molecule has 25 heavy (non-hydrogen) atoms. The van der Waals surface area contributed by atoms with Gasteiger partial charge in [0.2, 0.25) is 0 Å². The van der Waals surface area contributed by atoms with E-state index >= 15 is 0 Å². The zero-order valence-electron chi connectivity index (χ0n) is 14.8. The number of carbonyl (C=O) groups is 1. The van der Waals surface area contributed by atoms with Crippen LogP contribution in [0.2, 0.25) is 0 Å². The molecule has 0 saturated carbocycles. The number of carboxylic acid groups (broad SMARTS) is 1. The summed E-state index contributed by atoms with van der Waals surface area (Å²) in [6.45, 7) is 7.39. The largest absolute Gasteiger partial charge is 0.545 e. The summed E-state index contributed by atoms with van der Waals surface area (Å²) in [6, 6.07) is 9.79. The highest BCUT2D eigenvalue weighted by atomic mass is 32.2. The number of carbonyl (C=O) groups excluding carboxylic acids is 1. The standard InChI is InChI=1S/C19H23NO4S/c1-5-12(2)16-8-6-7-9-17(16)20-25(23,24)18-11-15(19(21)22)10-13(3)14(18)4/h6-12,20H,5H2,1-4H3,(H,21,22)/p-1/t12-/m1/s1. The first-order valence-corrected chi connectivity index (χ1v) is 9.60. The van der Waals surface area contributed by atoms with Gasteiger partial charge in [-0.3, -0.25) is 4.72 Å². The Labute approximate surface area is 148 Å². The maximum Gasteiger partial charge on any atom is 0.262 e. The lowest BCUT2D eigenvalue weighted by Crippen LogP contribution is -2.24. The number of hydrogen-bond acceptors (Lipinski definition) is 4. The molecule has 0 unspecified atom stereocenters. The second-order valence-electron chi connectivity index (χ2n) is 6.21. The monoisotopic (exact) mass is 360 g/mol. The van der Waals surface area contributed by atoms with Crippen LogP contribution in [0.15, 0.2) is 41.3 Å². The van der Waals surface area contributed by atoms with Gasteiger partial charge in [0.15, 0.2) is 0 Å². The molecule has 0 aliphatic heterocycles. The molecule has 0 radical (unpaired) electrons. The number of sulfonamides is 1. The highest BCUT2D eigenvalue weighted by molar-refractivity contribution is 7.92. The predicted molar refractivity (Wildman–Crippen MR) is 96.2 cm³/mol. The van der Waals surface area contributed by atoms with Crippen molar-refractivity contribution in [2.24, 2.45) is 0 Å². The Hall–Kier alpha value is -2.34. The molecule has 0 spiro atoms. The Morgan fingerprint density at radius 2 is 1.84 bits per heavy atom. The fourth-order valence-electron chi connectivity index (χ4n) is 2.66. The highest BCUT2D eigenvalue weighted by Gasteiger charge is 2.21. The van der Waals surface area contributed by atoms with Crippen molar-refractivity contribution in [3.05, 3.63) is 58.7 Å². The van der Waals surface area contributed by atoms with E-state index in [2.05, 4.69) is 4.72 Å². The van der Waals surface area contributed by atoms with Gasteiger partial charge in [-0.15, -0.1) is 0 Å². The molecule has 2 aromatic carbocycles. The first kappa shape index (κ1) is 19.0. The summed E-state index contributed by atoms with van der Waals surface area (Å²) in [5.74, 6) is -1.21. The molecule has 1 N–H and O–H groups in total. The number of hydrogen-bond donors (Lipinski definition) is 1. The van der Waals surface area contributed by atoms with E-state index in [4.69, 9.17) is 0 Å². The molecule has 134 valence electrons. The van der Waals surface area contributed by atoms with Crippen LogP contribution < -0.4 is 9.83 Å². The van der Waals surface area contributed by atoms with Crippen molar-refractivity contribution in [3.8, 4) is 0 Å². The van der Waals surface area contributed by atoms with E-state index in [1.807, 2.05) is 26.0 Å². The van der Waals surface area contributed by atoms with E-state index in [-0.39, 0.29) is 16.4 Å². The Morgan fingerprint density at radius 3 is 2.44 bits per heavy atom. The molecule has 0 aliphatic rings. The summed E-state index contributed by atoms with van der Waals surface area (Å²) in [5.41, 5.74) is 2.35. The van der Waals surface area contributed by atoms with Crippen molar-refractivity contribution in [3.63, 3.8) is 0 Å². The minimum atomic E-state index is -3.93. The molecule has 2 rings (SSSR count). The number of aromatic carboxylic acids is 1. The molecular weight excluding hydrogens is 338 g/mol. The predicted octanol–water partition coefficient (Wildman–Crippen LogP) is 2.98. The first-order valence-electron chi connectivity index (χ1n) is 8.11. The third-order valence-corrected chi connectivity index (χ3v) is 5.99. The fourth-order valence-corrected chi connectivity index (χ4v) is 4.09. The summed E-state index contributed by atoms with van der Waals surface area (Å²) in [7, 11) is -3.93. The van der Waals surface area contributed by atoms with Gasteiger partial charge >= 0.3 is 0 Å². The molecule has 0 amide bonds. The summed E-state index contributed by atoms with van der Waals surface area (Å²) < 4.78 is 28.4. The summed E-state index contributed by atoms with van der Waals surface area (Å²) in [6.07, 6.45) is 0.872. The van der Waals surface area contributed by atoms with E-state index in [9.17, 15) is 18.3 Å². The zero-order chi connectivity index (χ0) is 18.8. The Kier molecular flexibility index (Phi) is 5.52. The minimum absolute atomic E-state index is 0.0503. The quantitative estimate of drug-likeness (QED) is 0.858. The number of benzene rings is 2. The van der Waals surface area contributed by atoms with Gasteiger partial charge in [0.1, 0.15) is 0 Å². The zero-order valence-corrected chi connectivity index (χ0v) is 15.6. The van der Waals surface area contributed by atoms with Crippen LogP contribution in [0.5, 0.6) is 0 Å². The maximum absolute atomic E-state index is 12.9. The van der Waals surface area contributed by atoms with Crippen LogP contribution in [0.4, 0.5) is 5.69 Å². The molecule has 0 fully saturated rings. The van der Waals surface area contributed by atoms with Gasteiger partial charge in [0.25, 0.3) is 10.0 Å². The van der Waals surface area contributed by atoms with Crippen LogP contribution in [-0.4, -0.2) is 14.4 Å². The minimum Gasteiger partial charge on any atom is -0.545 e. The number of rotatable bonds is 6. The number of para-hydroxylation sites is 1. The molecule has 1 atom stereocenters. The van der Waals surface area contributed by atoms with Crippen LogP contribution in [0.3, 0.4) is 0 Å². The Bertz CT molecular complexity index is 904. The summed E-state index contributed by atoms with van der Waals surface area (Å²) in [4.78, 5) is 11.1. The van der Waals surface area contributed by atoms with Crippen LogP contribution in [0, 0.1) is 13.8 Å². The summed E-state index contributed by atoms with van der Waals surface area (Å²) in [5, 5.41) is 11.2. The van der Waals surface area contributed by atoms with Gasteiger partial charge in [-0.25, -0.2) is 8.42 Å². The van der Waals surface area contributed by atoms with Gasteiger partial charge in [-0.2, -0.15) is 0 Å². The van der Waals surface area contributed by atoms with E-state index in [1.165, 1.54) is 6.07 Å². The molecule has 0 aliphatic carbocycles. The van der Waals surface area contributed by atoms with Gasteiger partial charge in [0.05, 0.1) is 16.6 Å². The maximum atomic E-state index is 12.9. The fraction of sp³-hybridized carbons (Fsp3) is 0.316. The van der Waals surface area contributed by atoms with Gasteiger partial charge < -0.3 is 9.90 Å². The SMILES string of the molecule is CC[C@@H](C)c1ccccc1NS(=O)(=O)c1cc(C(=O)[O-])cc(C)c1C. The van der Waals surface area contributed by atoms with Crippen molar-refractivity contribution < 1.29 is 18.3 Å². The number of nitrogens with one attached hydrogen (secondary N) is 1. The molecule has 2 aromatic rings. The number of aryl methyl sites for hydroxylation is 1. The molecule has 6 heteroatoms. The van der Waals surface area contributed by atoms with Crippen LogP contribution in [0.1, 0.15) is 53.2 Å². The Morgan fingerprint density at radius 1 is 1.20 bits per heavy atom. The molecule has 0 saturated heterocycles. The number of carboxylic acids is 1.